The van der Waals surface area contributed by atoms with Crippen molar-refractivity contribution in [1.82, 2.24) is 4.98 Å². The van der Waals surface area contributed by atoms with Crippen LogP contribution in [0.2, 0.25) is 0 Å². The van der Waals surface area contributed by atoms with Gasteiger partial charge in [0.15, 0.2) is 0 Å². The number of carboxylic acids is 1. The van der Waals surface area contributed by atoms with E-state index in [2.05, 4.69) is 20.9 Å². The Morgan fingerprint density at radius 3 is 2.68 bits per heavy atom. The molecule has 1 aromatic heterocycles. The number of fused-ring (bicyclic) bond motifs is 1. The minimum Gasteiger partial charge on any atom is -0.478 e. The SMILES string of the molecule is Cc1c(-c2cccc(Br)c2)nc2ccc(F)cc2c1C(=O)O. The van der Waals surface area contributed by atoms with E-state index in [0.717, 1.165) is 10.0 Å². The lowest BCUT2D eigenvalue weighted by atomic mass is 9.98. The molecule has 5 heteroatoms. The zero-order valence-corrected chi connectivity index (χ0v) is 13.2. The van der Waals surface area contributed by atoms with Crippen molar-refractivity contribution in [3.8, 4) is 11.3 Å². The lowest BCUT2D eigenvalue weighted by molar-refractivity contribution is 0.0698. The first-order valence-corrected chi connectivity index (χ1v) is 7.36. The van der Waals surface area contributed by atoms with Gasteiger partial charge in [-0.15, -0.1) is 0 Å². The van der Waals surface area contributed by atoms with Gasteiger partial charge in [-0.1, -0.05) is 28.1 Å². The lowest BCUT2D eigenvalue weighted by Crippen LogP contribution is -2.05. The number of halogens is 2. The standard InChI is InChI=1S/C17H11BrFNO2/c1-9-15(17(21)22)13-8-12(19)5-6-14(13)20-16(9)10-3-2-4-11(18)7-10/h2-8H,1H3,(H,21,22). The maximum atomic E-state index is 13.5. The fraction of sp³-hybridized carbons (Fsp3) is 0.0588. The Labute approximate surface area is 134 Å². The summed E-state index contributed by atoms with van der Waals surface area (Å²) < 4.78 is 14.3. The van der Waals surface area contributed by atoms with Gasteiger partial charge in [0.25, 0.3) is 0 Å². The molecule has 2 aromatic carbocycles. The third-order valence-electron chi connectivity index (χ3n) is 3.50. The molecule has 0 atom stereocenters. The highest BCUT2D eigenvalue weighted by atomic mass is 79.9. The van der Waals surface area contributed by atoms with Crippen LogP contribution in [0.15, 0.2) is 46.9 Å². The zero-order valence-electron chi connectivity index (χ0n) is 11.6. The van der Waals surface area contributed by atoms with Crippen LogP contribution < -0.4 is 0 Å². The molecule has 110 valence electrons. The van der Waals surface area contributed by atoms with E-state index in [-0.39, 0.29) is 5.56 Å². The molecule has 0 fully saturated rings. The molecule has 0 aliphatic rings. The van der Waals surface area contributed by atoms with E-state index in [1.165, 1.54) is 18.2 Å². The summed E-state index contributed by atoms with van der Waals surface area (Å²) in [5, 5.41) is 9.83. The normalized spacial score (nSPS) is 10.9. The second-order valence-corrected chi connectivity index (χ2v) is 5.85. The Kier molecular flexibility index (Phi) is 3.66. The minimum atomic E-state index is -1.09. The Morgan fingerprint density at radius 2 is 2.00 bits per heavy atom. The van der Waals surface area contributed by atoms with E-state index in [9.17, 15) is 14.3 Å². The summed E-state index contributed by atoms with van der Waals surface area (Å²) >= 11 is 3.40. The second-order valence-electron chi connectivity index (χ2n) is 4.94. The summed E-state index contributed by atoms with van der Waals surface area (Å²) in [4.78, 5) is 16.2. The molecule has 0 amide bonds. The van der Waals surface area contributed by atoms with Crippen molar-refractivity contribution in [3.05, 3.63) is 63.9 Å². The van der Waals surface area contributed by atoms with Crippen LogP contribution in [0.5, 0.6) is 0 Å². The molecule has 0 saturated heterocycles. The fourth-order valence-corrected chi connectivity index (χ4v) is 2.92. The summed E-state index contributed by atoms with van der Waals surface area (Å²) in [5.74, 6) is -1.57. The van der Waals surface area contributed by atoms with Crippen molar-refractivity contribution in [2.24, 2.45) is 0 Å². The van der Waals surface area contributed by atoms with Gasteiger partial charge in [-0.05, 0) is 42.8 Å². The highest BCUT2D eigenvalue weighted by molar-refractivity contribution is 9.10. The average molecular weight is 360 g/mol. The van der Waals surface area contributed by atoms with Crippen LogP contribution in [-0.2, 0) is 0 Å². The lowest BCUT2D eigenvalue weighted by Gasteiger charge is -2.12. The first kappa shape index (κ1) is 14.7. The molecule has 1 N–H and O–H groups in total. The molecule has 0 bridgehead atoms. The summed E-state index contributed by atoms with van der Waals surface area (Å²) in [5.41, 5.74) is 2.45. The average Bonchev–Trinajstić information content (AvgIpc) is 2.46. The van der Waals surface area contributed by atoms with Gasteiger partial charge in [0.2, 0.25) is 0 Å². The molecule has 0 saturated carbocycles. The Hall–Kier alpha value is -2.27. The van der Waals surface area contributed by atoms with E-state index < -0.39 is 11.8 Å². The predicted octanol–water partition coefficient (Wildman–Crippen LogP) is 4.81. The maximum absolute atomic E-state index is 13.5. The zero-order chi connectivity index (χ0) is 15.9. The van der Waals surface area contributed by atoms with E-state index in [1.807, 2.05) is 24.3 Å². The molecule has 3 rings (SSSR count). The van der Waals surface area contributed by atoms with Crippen molar-refractivity contribution in [3.63, 3.8) is 0 Å². The van der Waals surface area contributed by atoms with Crippen LogP contribution in [0, 0.1) is 12.7 Å². The first-order chi connectivity index (χ1) is 10.5. The van der Waals surface area contributed by atoms with Gasteiger partial charge >= 0.3 is 5.97 Å². The largest absolute Gasteiger partial charge is 0.478 e. The van der Waals surface area contributed by atoms with Crippen LogP contribution in [-0.4, -0.2) is 16.1 Å². The van der Waals surface area contributed by atoms with Crippen molar-refractivity contribution in [2.75, 3.05) is 0 Å². The third kappa shape index (κ3) is 2.48. The number of aromatic carboxylic acids is 1. The fourth-order valence-electron chi connectivity index (χ4n) is 2.52. The number of rotatable bonds is 2. The first-order valence-electron chi connectivity index (χ1n) is 6.56. The van der Waals surface area contributed by atoms with Crippen molar-refractivity contribution < 1.29 is 14.3 Å². The Bertz CT molecular complexity index is 909. The topological polar surface area (TPSA) is 50.2 Å². The smallest absolute Gasteiger partial charge is 0.336 e. The van der Waals surface area contributed by atoms with Gasteiger partial charge in [0.1, 0.15) is 5.82 Å². The molecule has 0 spiro atoms. The second kappa shape index (κ2) is 5.50. The Balaban J connectivity index is 2.40. The number of aromatic nitrogens is 1. The molecule has 0 radical (unpaired) electrons. The van der Waals surface area contributed by atoms with E-state index >= 15 is 0 Å². The highest BCUT2D eigenvalue weighted by Crippen LogP contribution is 2.31. The predicted molar refractivity (Wildman–Crippen MR) is 86.5 cm³/mol. The molecule has 0 unspecified atom stereocenters. The summed E-state index contributed by atoms with van der Waals surface area (Å²) in [6.45, 7) is 1.69. The minimum absolute atomic E-state index is 0.0828. The number of benzene rings is 2. The number of hydrogen-bond donors (Lipinski definition) is 1. The quantitative estimate of drug-likeness (QED) is 0.714. The van der Waals surface area contributed by atoms with Gasteiger partial charge in [0.05, 0.1) is 16.8 Å². The number of carboxylic acid groups (broad SMARTS) is 1. The monoisotopic (exact) mass is 359 g/mol. The van der Waals surface area contributed by atoms with Gasteiger partial charge in [-0.3, -0.25) is 0 Å². The Morgan fingerprint density at radius 1 is 1.23 bits per heavy atom. The van der Waals surface area contributed by atoms with Gasteiger partial charge < -0.3 is 5.11 Å². The molecule has 3 nitrogen and oxygen atoms in total. The van der Waals surface area contributed by atoms with E-state index in [4.69, 9.17) is 0 Å². The molecule has 3 aromatic rings. The van der Waals surface area contributed by atoms with Crippen LogP contribution in [0.3, 0.4) is 0 Å². The summed E-state index contributed by atoms with van der Waals surface area (Å²) in [6.07, 6.45) is 0. The molecular weight excluding hydrogens is 349 g/mol. The van der Waals surface area contributed by atoms with Crippen molar-refractivity contribution in [1.29, 1.82) is 0 Å². The summed E-state index contributed by atoms with van der Waals surface area (Å²) in [7, 11) is 0. The molecular formula is C17H11BrFNO2. The molecule has 0 aliphatic heterocycles. The molecule has 0 aliphatic carbocycles. The van der Waals surface area contributed by atoms with Crippen LogP contribution in [0.1, 0.15) is 15.9 Å². The highest BCUT2D eigenvalue weighted by Gasteiger charge is 2.18. The molecule has 1 heterocycles. The van der Waals surface area contributed by atoms with Crippen LogP contribution >= 0.6 is 15.9 Å². The van der Waals surface area contributed by atoms with Crippen molar-refractivity contribution >= 4 is 32.8 Å². The van der Waals surface area contributed by atoms with Crippen LogP contribution in [0.4, 0.5) is 4.39 Å². The van der Waals surface area contributed by atoms with E-state index in [1.54, 1.807) is 6.92 Å². The number of hydrogen-bond acceptors (Lipinski definition) is 2. The third-order valence-corrected chi connectivity index (χ3v) is 4.00. The van der Waals surface area contributed by atoms with Gasteiger partial charge in [-0.25, -0.2) is 14.2 Å². The van der Waals surface area contributed by atoms with Crippen LogP contribution in [0.25, 0.3) is 22.2 Å². The van der Waals surface area contributed by atoms with Gasteiger partial charge in [-0.2, -0.15) is 0 Å². The van der Waals surface area contributed by atoms with E-state index in [0.29, 0.717) is 22.2 Å². The van der Waals surface area contributed by atoms with Crippen molar-refractivity contribution in [2.45, 2.75) is 6.92 Å². The number of pyridine rings is 1. The molecule has 22 heavy (non-hydrogen) atoms. The maximum Gasteiger partial charge on any atom is 0.336 e. The number of carbonyl (C=O) groups is 1. The number of nitrogens with zero attached hydrogens (tertiary/aromatic N) is 1. The van der Waals surface area contributed by atoms with Gasteiger partial charge in [0, 0.05) is 15.4 Å². The summed E-state index contributed by atoms with van der Waals surface area (Å²) in [6, 6.07) is 11.5.